The summed E-state index contributed by atoms with van der Waals surface area (Å²) in [7, 11) is 1.58. The van der Waals surface area contributed by atoms with Gasteiger partial charge in [-0.05, 0) is 43.7 Å². The van der Waals surface area contributed by atoms with E-state index in [1.54, 1.807) is 31.4 Å². The minimum atomic E-state index is -0.198. The Morgan fingerprint density at radius 1 is 1.17 bits per heavy atom. The molecule has 4 nitrogen and oxygen atoms in total. The molecule has 0 spiro atoms. The summed E-state index contributed by atoms with van der Waals surface area (Å²) in [6.45, 7) is 4.11. The number of carbonyl (C=O) groups excluding carboxylic acids is 1. The second kappa shape index (κ2) is 6.84. The lowest BCUT2D eigenvalue weighted by molar-refractivity contribution is 0.102. The van der Waals surface area contributed by atoms with Crippen LogP contribution in [-0.4, -0.2) is 18.0 Å². The highest BCUT2D eigenvalue weighted by Crippen LogP contribution is 2.28. The van der Waals surface area contributed by atoms with Crippen molar-refractivity contribution in [2.75, 3.05) is 12.4 Å². The largest absolute Gasteiger partial charge is 0.497 e. The van der Waals surface area contributed by atoms with Crippen LogP contribution in [-0.2, 0) is 0 Å². The molecule has 2 aromatic carbocycles. The molecule has 0 aliphatic heterocycles. The van der Waals surface area contributed by atoms with Crippen LogP contribution < -0.4 is 10.1 Å². The van der Waals surface area contributed by atoms with Gasteiger partial charge in [0, 0.05) is 16.5 Å². The van der Waals surface area contributed by atoms with Crippen LogP contribution >= 0.6 is 11.3 Å². The first-order valence-electron chi connectivity index (χ1n) is 7.55. The van der Waals surface area contributed by atoms with E-state index in [2.05, 4.69) is 42.3 Å². The van der Waals surface area contributed by atoms with Crippen molar-refractivity contribution < 1.29 is 9.53 Å². The summed E-state index contributed by atoms with van der Waals surface area (Å²) in [5, 5.41) is 5.39. The number of ether oxygens (including phenoxy) is 1. The topological polar surface area (TPSA) is 51.2 Å². The minimum Gasteiger partial charge on any atom is -0.497 e. The van der Waals surface area contributed by atoms with Gasteiger partial charge in [-0.3, -0.25) is 10.1 Å². The van der Waals surface area contributed by atoms with E-state index in [0.717, 1.165) is 16.8 Å². The average molecular weight is 338 g/mol. The van der Waals surface area contributed by atoms with E-state index in [9.17, 15) is 4.79 Å². The molecule has 0 radical (unpaired) electrons. The van der Waals surface area contributed by atoms with Gasteiger partial charge in [-0.1, -0.05) is 23.8 Å². The normalized spacial score (nSPS) is 10.5. The molecule has 0 saturated carbocycles. The molecular weight excluding hydrogens is 320 g/mol. The lowest BCUT2D eigenvalue weighted by Gasteiger charge is -2.05. The minimum absolute atomic E-state index is 0.198. The second-order valence-electron chi connectivity index (χ2n) is 5.54. The molecule has 0 aliphatic rings. The van der Waals surface area contributed by atoms with E-state index >= 15 is 0 Å². The van der Waals surface area contributed by atoms with Gasteiger partial charge in [0.1, 0.15) is 5.75 Å². The molecule has 0 saturated heterocycles. The van der Waals surface area contributed by atoms with Crippen LogP contribution in [0.15, 0.2) is 47.8 Å². The summed E-state index contributed by atoms with van der Waals surface area (Å²) in [6, 6.07) is 13.3. The molecule has 122 valence electrons. The fraction of sp³-hybridized carbons (Fsp3) is 0.158. The van der Waals surface area contributed by atoms with E-state index in [4.69, 9.17) is 4.74 Å². The summed E-state index contributed by atoms with van der Waals surface area (Å²) in [5.41, 5.74) is 4.86. The standard InChI is InChI=1S/C19H18N2O2S/c1-12-7-8-13(2)16(9-12)17-11-24-19(20-17)21-18(22)14-5-4-6-15(10-14)23-3/h4-11H,1-3H3,(H,20,21,22). The van der Waals surface area contributed by atoms with Crippen molar-refractivity contribution in [3.8, 4) is 17.0 Å². The summed E-state index contributed by atoms with van der Waals surface area (Å²) in [6.07, 6.45) is 0. The molecule has 0 fully saturated rings. The highest BCUT2D eigenvalue weighted by atomic mass is 32.1. The number of benzene rings is 2. The van der Waals surface area contributed by atoms with Crippen molar-refractivity contribution in [1.29, 1.82) is 0 Å². The van der Waals surface area contributed by atoms with Gasteiger partial charge in [-0.15, -0.1) is 11.3 Å². The number of rotatable bonds is 4. The SMILES string of the molecule is COc1cccc(C(=O)Nc2nc(-c3cc(C)ccc3C)cs2)c1. The van der Waals surface area contributed by atoms with E-state index in [1.807, 2.05) is 5.38 Å². The number of nitrogens with one attached hydrogen (secondary N) is 1. The lowest BCUT2D eigenvalue weighted by Crippen LogP contribution is -2.11. The van der Waals surface area contributed by atoms with E-state index in [-0.39, 0.29) is 5.91 Å². The third-order valence-corrected chi connectivity index (χ3v) is 4.48. The highest BCUT2D eigenvalue weighted by molar-refractivity contribution is 7.14. The summed E-state index contributed by atoms with van der Waals surface area (Å²) < 4.78 is 5.15. The van der Waals surface area contributed by atoms with Gasteiger partial charge in [0.05, 0.1) is 12.8 Å². The molecule has 1 aromatic heterocycles. The molecule has 0 aliphatic carbocycles. The van der Waals surface area contributed by atoms with Crippen LogP contribution in [0.5, 0.6) is 5.75 Å². The third kappa shape index (κ3) is 3.46. The number of hydrogen-bond donors (Lipinski definition) is 1. The fourth-order valence-corrected chi connectivity index (χ4v) is 3.11. The van der Waals surface area contributed by atoms with Crippen molar-refractivity contribution in [2.45, 2.75) is 13.8 Å². The Bertz CT molecular complexity index is 887. The number of anilines is 1. The monoisotopic (exact) mass is 338 g/mol. The quantitative estimate of drug-likeness (QED) is 0.751. The third-order valence-electron chi connectivity index (χ3n) is 3.73. The zero-order valence-electron chi connectivity index (χ0n) is 13.8. The molecular formula is C19H18N2O2S. The Hall–Kier alpha value is -2.66. The molecule has 1 N–H and O–H groups in total. The molecule has 3 aromatic rings. The van der Waals surface area contributed by atoms with Crippen molar-refractivity contribution >= 4 is 22.4 Å². The lowest BCUT2D eigenvalue weighted by atomic mass is 10.0. The number of aromatic nitrogens is 1. The first kappa shape index (κ1) is 16.2. The summed E-state index contributed by atoms with van der Waals surface area (Å²) >= 11 is 1.42. The number of methoxy groups -OCH3 is 1. The molecule has 24 heavy (non-hydrogen) atoms. The maximum Gasteiger partial charge on any atom is 0.257 e. The molecule has 1 amide bonds. The number of carbonyl (C=O) groups is 1. The Morgan fingerprint density at radius 2 is 2.00 bits per heavy atom. The predicted molar refractivity (Wildman–Crippen MR) is 98.0 cm³/mol. The van der Waals surface area contributed by atoms with Gasteiger partial charge < -0.3 is 4.74 Å². The Kier molecular flexibility index (Phi) is 4.62. The van der Waals surface area contributed by atoms with Gasteiger partial charge in [-0.25, -0.2) is 4.98 Å². The molecule has 0 unspecified atom stereocenters. The number of aryl methyl sites for hydroxylation is 2. The average Bonchev–Trinajstić information content (AvgIpc) is 3.05. The van der Waals surface area contributed by atoms with Crippen LogP contribution in [0.2, 0.25) is 0 Å². The Balaban J connectivity index is 1.81. The smallest absolute Gasteiger partial charge is 0.257 e. The van der Waals surface area contributed by atoms with Crippen LogP contribution in [0, 0.1) is 13.8 Å². The van der Waals surface area contributed by atoms with Crippen LogP contribution in [0.25, 0.3) is 11.3 Å². The van der Waals surface area contributed by atoms with Gasteiger partial charge in [0.15, 0.2) is 5.13 Å². The van der Waals surface area contributed by atoms with Gasteiger partial charge in [0.25, 0.3) is 5.91 Å². The van der Waals surface area contributed by atoms with E-state index in [0.29, 0.717) is 16.4 Å². The molecule has 3 rings (SSSR count). The van der Waals surface area contributed by atoms with E-state index < -0.39 is 0 Å². The summed E-state index contributed by atoms with van der Waals surface area (Å²) in [5.74, 6) is 0.452. The van der Waals surface area contributed by atoms with Crippen molar-refractivity contribution in [2.24, 2.45) is 0 Å². The first-order chi connectivity index (χ1) is 11.6. The van der Waals surface area contributed by atoms with Crippen molar-refractivity contribution in [1.82, 2.24) is 4.98 Å². The predicted octanol–water partition coefficient (Wildman–Crippen LogP) is 4.69. The molecule has 1 heterocycles. The van der Waals surface area contributed by atoms with Crippen LogP contribution in [0.4, 0.5) is 5.13 Å². The Labute approximate surface area is 145 Å². The van der Waals surface area contributed by atoms with Gasteiger partial charge in [0.2, 0.25) is 0 Å². The molecule has 5 heteroatoms. The maximum atomic E-state index is 12.3. The number of hydrogen-bond acceptors (Lipinski definition) is 4. The Morgan fingerprint density at radius 3 is 2.79 bits per heavy atom. The van der Waals surface area contributed by atoms with Gasteiger partial charge in [-0.2, -0.15) is 0 Å². The number of amides is 1. The zero-order valence-corrected chi connectivity index (χ0v) is 14.6. The van der Waals surface area contributed by atoms with Crippen LogP contribution in [0.1, 0.15) is 21.5 Å². The van der Waals surface area contributed by atoms with Crippen molar-refractivity contribution in [3.05, 3.63) is 64.5 Å². The number of thiazole rings is 1. The second-order valence-corrected chi connectivity index (χ2v) is 6.40. The van der Waals surface area contributed by atoms with Crippen molar-refractivity contribution in [3.63, 3.8) is 0 Å². The molecule has 0 bridgehead atoms. The molecule has 0 atom stereocenters. The fourth-order valence-electron chi connectivity index (χ4n) is 2.40. The van der Waals surface area contributed by atoms with Gasteiger partial charge >= 0.3 is 0 Å². The first-order valence-corrected chi connectivity index (χ1v) is 8.43. The highest BCUT2D eigenvalue weighted by Gasteiger charge is 2.12. The van der Waals surface area contributed by atoms with E-state index in [1.165, 1.54) is 16.9 Å². The number of nitrogens with zero attached hydrogens (tertiary/aromatic N) is 1. The maximum absolute atomic E-state index is 12.3. The zero-order chi connectivity index (χ0) is 17.1. The summed E-state index contributed by atoms with van der Waals surface area (Å²) in [4.78, 5) is 16.9. The van der Waals surface area contributed by atoms with Crippen LogP contribution in [0.3, 0.4) is 0 Å².